The molecule has 0 amide bonds. The number of hydrogen-bond acceptors (Lipinski definition) is 4. The van der Waals surface area contributed by atoms with Crippen molar-refractivity contribution in [2.75, 3.05) is 6.61 Å². The fourth-order valence-corrected chi connectivity index (χ4v) is 2.63. The van der Waals surface area contributed by atoms with Crippen molar-refractivity contribution in [1.29, 1.82) is 0 Å². The van der Waals surface area contributed by atoms with Crippen LogP contribution in [0.15, 0.2) is 0 Å². The van der Waals surface area contributed by atoms with Gasteiger partial charge in [-0.15, -0.1) is 0 Å². The van der Waals surface area contributed by atoms with Crippen molar-refractivity contribution in [2.45, 2.75) is 57.5 Å². The van der Waals surface area contributed by atoms with Crippen LogP contribution in [-0.4, -0.2) is 37.7 Å². The molecule has 0 radical (unpaired) electrons. The molecule has 16 heavy (non-hydrogen) atoms. The molecular formula is C11H22O4Si. The summed E-state index contributed by atoms with van der Waals surface area (Å²) >= 11 is 0. The van der Waals surface area contributed by atoms with Crippen LogP contribution < -0.4 is 0 Å². The highest BCUT2D eigenvalue weighted by Crippen LogP contribution is 2.39. The lowest BCUT2D eigenvalue weighted by molar-refractivity contribution is -0.153. The van der Waals surface area contributed by atoms with Gasteiger partial charge in [-0.05, 0) is 25.1 Å². The summed E-state index contributed by atoms with van der Waals surface area (Å²) in [5.74, 6) is -0.587. The lowest BCUT2D eigenvalue weighted by Gasteiger charge is -2.39. The van der Waals surface area contributed by atoms with Gasteiger partial charge in [-0.1, -0.05) is 20.8 Å². The van der Waals surface area contributed by atoms with Crippen LogP contribution in [0.5, 0.6) is 0 Å². The molecule has 1 heterocycles. The van der Waals surface area contributed by atoms with E-state index in [2.05, 4.69) is 33.9 Å². The standard InChI is InChI=1S/C11H22O4Si/c1-10(2,3)16(5,6)15-8-7-14-9(12)11(8,4)13/h8,13H,7H2,1-6H3. The average molecular weight is 246 g/mol. The number of hydrogen-bond donors (Lipinski definition) is 1. The number of cyclic esters (lactones) is 1. The number of carbonyl (C=O) groups is 1. The summed E-state index contributed by atoms with van der Waals surface area (Å²) in [4.78, 5) is 11.3. The molecular weight excluding hydrogens is 224 g/mol. The topological polar surface area (TPSA) is 55.8 Å². The number of carbonyl (C=O) groups excluding carboxylic acids is 1. The van der Waals surface area contributed by atoms with Crippen molar-refractivity contribution in [1.82, 2.24) is 0 Å². The van der Waals surface area contributed by atoms with Crippen molar-refractivity contribution >= 4 is 14.3 Å². The van der Waals surface area contributed by atoms with Gasteiger partial charge < -0.3 is 14.3 Å². The third-order valence-corrected chi connectivity index (χ3v) is 8.14. The average Bonchev–Trinajstić information content (AvgIpc) is 2.29. The fourth-order valence-electron chi connectivity index (χ4n) is 1.27. The molecule has 1 aliphatic rings. The van der Waals surface area contributed by atoms with Crippen molar-refractivity contribution < 1.29 is 19.1 Å². The summed E-state index contributed by atoms with van der Waals surface area (Å²) in [5.41, 5.74) is -1.50. The van der Waals surface area contributed by atoms with E-state index in [0.717, 1.165) is 0 Å². The molecule has 2 atom stereocenters. The minimum Gasteiger partial charge on any atom is -0.461 e. The van der Waals surface area contributed by atoms with E-state index in [9.17, 15) is 9.90 Å². The number of rotatable bonds is 2. The van der Waals surface area contributed by atoms with Gasteiger partial charge in [-0.2, -0.15) is 0 Å². The lowest BCUT2D eigenvalue weighted by Crippen LogP contribution is -2.51. The fraction of sp³-hybridized carbons (Fsp3) is 0.909. The number of aliphatic hydroxyl groups is 1. The summed E-state index contributed by atoms with van der Waals surface area (Å²) in [6.07, 6.45) is -0.541. The maximum absolute atomic E-state index is 11.3. The molecule has 0 aromatic carbocycles. The molecule has 4 nitrogen and oxygen atoms in total. The molecule has 1 fully saturated rings. The van der Waals surface area contributed by atoms with Gasteiger partial charge in [0.1, 0.15) is 12.7 Å². The maximum Gasteiger partial charge on any atom is 0.340 e. The molecule has 1 rings (SSSR count). The molecule has 1 N–H and O–H groups in total. The molecule has 0 aromatic rings. The maximum atomic E-state index is 11.3. The van der Waals surface area contributed by atoms with E-state index in [-0.39, 0.29) is 11.6 Å². The van der Waals surface area contributed by atoms with Gasteiger partial charge in [0.05, 0.1) is 0 Å². The molecule has 1 aliphatic heterocycles. The summed E-state index contributed by atoms with van der Waals surface area (Å²) in [5, 5.41) is 10.0. The third kappa shape index (κ3) is 2.31. The molecule has 94 valence electrons. The first-order valence-corrected chi connectivity index (χ1v) is 8.47. The zero-order valence-electron chi connectivity index (χ0n) is 11.0. The normalized spacial score (nSPS) is 31.7. The van der Waals surface area contributed by atoms with E-state index in [1.807, 2.05) is 0 Å². The monoisotopic (exact) mass is 246 g/mol. The predicted octanol–water partition coefficient (Wildman–Crippen LogP) is 1.68. The molecule has 0 aliphatic carbocycles. The molecule has 0 saturated carbocycles. The lowest BCUT2D eigenvalue weighted by atomic mass is 10.0. The molecule has 2 unspecified atom stereocenters. The first-order chi connectivity index (χ1) is 6.98. The summed E-state index contributed by atoms with van der Waals surface area (Å²) < 4.78 is 10.8. The van der Waals surface area contributed by atoms with Gasteiger partial charge >= 0.3 is 5.97 Å². The van der Waals surface area contributed by atoms with Crippen LogP contribution in [0, 0.1) is 0 Å². The Hall–Kier alpha value is -0.393. The Morgan fingerprint density at radius 3 is 2.31 bits per heavy atom. The first-order valence-electron chi connectivity index (χ1n) is 5.56. The Balaban J connectivity index is 2.80. The molecule has 0 bridgehead atoms. The van der Waals surface area contributed by atoms with Crippen LogP contribution in [0.2, 0.25) is 18.1 Å². The number of ether oxygens (including phenoxy) is 1. The number of esters is 1. The second-order valence-corrected chi connectivity index (χ2v) is 10.9. The van der Waals surface area contributed by atoms with Crippen molar-refractivity contribution in [2.24, 2.45) is 0 Å². The second kappa shape index (κ2) is 3.82. The predicted molar refractivity (Wildman–Crippen MR) is 63.7 cm³/mol. The summed E-state index contributed by atoms with van der Waals surface area (Å²) in [7, 11) is -1.98. The largest absolute Gasteiger partial charge is 0.461 e. The minimum absolute atomic E-state index is 0.0503. The highest BCUT2D eigenvalue weighted by Gasteiger charge is 2.52. The Kier molecular flexibility index (Phi) is 3.26. The molecule has 0 aromatic heterocycles. The third-order valence-electron chi connectivity index (χ3n) is 3.65. The highest BCUT2D eigenvalue weighted by atomic mass is 28.4. The Labute approximate surface area is 98.1 Å². The summed E-state index contributed by atoms with van der Waals surface area (Å²) in [6, 6.07) is 0. The summed E-state index contributed by atoms with van der Waals surface area (Å²) in [6.45, 7) is 12.1. The zero-order valence-corrected chi connectivity index (χ0v) is 12.0. The van der Waals surface area contributed by atoms with E-state index in [0.29, 0.717) is 0 Å². The van der Waals surface area contributed by atoms with Crippen LogP contribution in [0.25, 0.3) is 0 Å². The van der Waals surface area contributed by atoms with Crippen molar-refractivity contribution in [3.8, 4) is 0 Å². The Bertz CT molecular complexity index is 291. The van der Waals surface area contributed by atoms with E-state index in [1.54, 1.807) is 0 Å². The van der Waals surface area contributed by atoms with Crippen molar-refractivity contribution in [3.63, 3.8) is 0 Å². The Morgan fingerprint density at radius 1 is 1.50 bits per heavy atom. The van der Waals surface area contributed by atoms with E-state index in [1.165, 1.54) is 6.92 Å². The van der Waals surface area contributed by atoms with Crippen LogP contribution in [0.3, 0.4) is 0 Å². The van der Waals surface area contributed by atoms with Gasteiger partial charge in [-0.25, -0.2) is 4.79 Å². The van der Waals surface area contributed by atoms with E-state index >= 15 is 0 Å². The minimum atomic E-state index is -1.98. The van der Waals surface area contributed by atoms with Crippen LogP contribution in [-0.2, 0) is 14.0 Å². The van der Waals surface area contributed by atoms with Gasteiger partial charge in [0.2, 0.25) is 0 Å². The van der Waals surface area contributed by atoms with Gasteiger partial charge in [0, 0.05) is 0 Å². The Morgan fingerprint density at radius 2 is 2.00 bits per heavy atom. The quantitative estimate of drug-likeness (QED) is 0.595. The molecule has 1 saturated heterocycles. The van der Waals surface area contributed by atoms with Crippen LogP contribution in [0.4, 0.5) is 0 Å². The second-order valence-electron chi connectivity index (χ2n) is 6.11. The van der Waals surface area contributed by atoms with Crippen molar-refractivity contribution in [3.05, 3.63) is 0 Å². The molecule has 5 heteroatoms. The van der Waals surface area contributed by atoms with E-state index < -0.39 is 26.0 Å². The SMILES string of the molecule is CC1(O)C(=O)OCC1O[Si](C)(C)C(C)(C)C. The zero-order chi connectivity index (χ0) is 12.8. The van der Waals surface area contributed by atoms with Crippen LogP contribution >= 0.6 is 0 Å². The highest BCUT2D eigenvalue weighted by molar-refractivity contribution is 6.74. The van der Waals surface area contributed by atoms with Gasteiger partial charge in [0.15, 0.2) is 13.9 Å². The van der Waals surface area contributed by atoms with Gasteiger partial charge in [0.25, 0.3) is 0 Å². The van der Waals surface area contributed by atoms with Crippen LogP contribution in [0.1, 0.15) is 27.7 Å². The first kappa shape index (κ1) is 13.7. The smallest absolute Gasteiger partial charge is 0.340 e. The molecule has 0 spiro atoms. The van der Waals surface area contributed by atoms with Gasteiger partial charge in [-0.3, -0.25) is 0 Å². The van der Waals surface area contributed by atoms with E-state index in [4.69, 9.17) is 9.16 Å².